The van der Waals surface area contributed by atoms with Crippen molar-refractivity contribution in [2.75, 3.05) is 23.4 Å². The second-order valence-electron chi connectivity index (χ2n) is 6.42. The first kappa shape index (κ1) is 22.4. The number of hydrogen-bond donors (Lipinski definition) is 0. The number of para-hydroxylation sites is 1. The molecule has 1 aromatic rings. The molecule has 0 heterocycles. The second kappa shape index (κ2) is 9.06. The normalized spacial score (nSPS) is 19.8. The molecule has 0 bridgehead atoms. The van der Waals surface area contributed by atoms with Crippen LogP contribution in [0.5, 0.6) is 0 Å². The zero-order valence-electron chi connectivity index (χ0n) is 15.6. The first-order valence-corrected chi connectivity index (χ1v) is 13.2. The van der Waals surface area contributed by atoms with Crippen molar-refractivity contribution in [3.63, 3.8) is 0 Å². The van der Waals surface area contributed by atoms with E-state index >= 15 is 0 Å². The molecule has 2 rings (SSSR count). The Morgan fingerprint density at radius 2 is 1.89 bits per heavy atom. The van der Waals surface area contributed by atoms with E-state index in [1.54, 1.807) is 6.07 Å². The maximum Gasteiger partial charge on any atom is 0.264 e. The third kappa shape index (κ3) is 6.30. The number of benzene rings is 1. The fraction of sp³-hybridized carbons (Fsp3) is 0.444. The van der Waals surface area contributed by atoms with E-state index in [-0.39, 0.29) is 12.6 Å². The Labute approximate surface area is 175 Å². The second-order valence-corrected chi connectivity index (χ2v) is 11.1. The number of sulfonamides is 1. The highest BCUT2D eigenvalue weighted by molar-refractivity contribution is 14.1. The van der Waals surface area contributed by atoms with Gasteiger partial charge in [-0.1, -0.05) is 29.9 Å². The molecule has 0 saturated carbocycles. The highest BCUT2D eigenvalue weighted by Crippen LogP contribution is 2.35. The van der Waals surface area contributed by atoms with Crippen molar-refractivity contribution in [1.29, 1.82) is 0 Å². The van der Waals surface area contributed by atoms with E-state index in [1.165, 1.54) is 10.6 Å². The Balaban J connectivity index is 2.44. The van der Waals surface area contributed by atoms with Gasteiger partial charge in [0.1, 0.15) is 0 Å². The number of anilines is 1. The van der Waals surface area contributed by atoms with E-state index in [4.69, 9.17) is 4.18 Å². The summed E-state index contributed by atoms with van der Waals surface area (Å²) in [5.74, 6) is 0. The standard InChI is InChI=1S/C18H24INO5S2/c1-4-14-9-10-17(15(13-14)11-12-25-27(3,23)24)20(26(2,21)22)18-8-6-5-7-16(18)19/h4-8,13,17H,9-12H2,1-3H3/b14-4+. The van der Waals surface area contributed by atoms with Crippen molar-refractivity contribution < 1.29 is 21.0 Å². The fourth-order valence-corrected chi connectivity index (χ4v) is 5.57. The van der Waals surface area contributed by atoms with Crippen LogP contribution in [0.15, 0.2) is 47.6 Å². The van der Waals surface area contributed by atoms with Gasteiger partial charge >= 0.3 is 0 Å². The van der Waals surface area contributed by atoms with Crippen molar-refractivity contribution in [3.8, 4) is 0 Å². The van der Waals surface area contributed by atoms with E-state index in [0.717, 1.165) is 27.4 Å². The minimum absolute atomic E-state index is 0.0123. The molecule has 0 radical (unpaired) electrons. The molecule has 1 unspecified atom stereocenters. The van der Waals surface area contributed by atoms with E-state index in [9.17, 15) is 16.8 Å². The molecule has 9 heteroatoms. The van der Waals surface area contributed by atoms with Gasteiger partial charge in [-0.2, -0.15) is 8.42 Å². The molecule has 0 spiro atoms. The molecule has 0 aliphatic heterocycles. The summed E-state index contributed by atoms with van der Waals surface area (Å²) in [5, 5.41) is 0. The van der Waals surface area contributed by atoms with Crippen LogP contribution in [-0.2, 0) is 24.3 Å². The molecule has 0 aromatic heterocycles. The lowest BCUT2D eigenvalue weighted by atomic mass is 9.88. The maximum absolute atomic E-state index is 12.7. The van der Waals surface area contributed by atoms with Gasteiger partial charge in [-0.05, 0) is 66.5 Å². The molecule has 1 atom stereocenters. The predicted molar refractivity (Wildman–Crippen MR) is 117 cm³/mol. The van der Waals surface area contributed by atoms with Gasteiger partial charge in [0.2, 0.25) is 10.0 Å². The summed E-state index contributed by atoms with van der Waals surface area (Å²) in [6.07, 6.45) is 7.89. The molecular formula is C18H24INO5S2. The summed E-state index contributed by atoms with van der Waals surface area (Å²) in [6, 6.07) is 6.96. The van der Waals surface area contributed by atoms with Gasteiger partial charge in [0.25, 0.3) is 10.1 Å². The van der Waals surface area contributed by atoms with Gasteiger partial charge in [-0.25, -0.2) is 8.42 Å². The summed E-state index contributed by atoms with van der Waals surface area (Å²) < 4.78 is 55.1. The van der Waals surface area contributed by atoms with Crippen LogP contribution < -0.4 is 4.31 Å². The maximum atomic E-state index is 12.7. The number of nitrogens with zero attached hydrogens (tertiary/aromatic N) is 1. The fourth-order valence-electron chi connectivity index (χ4n) is 3.15. The predicted octanol–water partition coefficient (Wildman–Crippen LogP) is 3.46. The average Bonchev–Trinajstić information content (AvgIpc) is 2.55. The van der Waals surface area contributed by atoms with E-state index in [2.05, 4.69) is 22.6 Å². The summed E-state index contributed by atoms with van der Waals surface area (Å²) in [7, 11) is -7.09. The van der Waals surface area contributed by atoms with Crippen LogP contribution in [-0.4, -0.2) is 42.0 Å². The Kier molecular flexibility index (Phi) is 7.51. The van der Waals surface area contributed by atoms with Crippen LogP contribution in [0.3, 0.4) is 0 Å². The van der Waals surface area contributed by atoms with E-state index < -0.39 is 20.1 Å². The lowest BCUT2D eigenvalue weighted by molar-refractivity contribution is 0.322. The van der Waals surface area contributed by atoms with Crippen LogP contribution in [0.25, 0.3) is 0 Å². The summed E-state index contributed by atoms with van der Waals surface area (Å²) in [5.41, 5.74) is 2.59. The Hall–Kier alpha value is -0.910. The summed E-state index contributed by atoms with van der Waals surface area (Å²) >= 11 is 2.13. The van der Waals surface area contributed by atoms with E-state index in [0.29, 0.717) is 18.5 Å². The summed E-state index contributed by atoms with van der Waals surface area (Å²) in [4.78, 5) is 0. The van der Waals surface area contributed by atoms with Gasteiger partial charge in [0.05, 0.1) is 30.8 Å². The number of hydrogen-bond acceptors (Lipinski definition) is 5. The average molecular weight is 525 g/mol. The van der Waals surface area contributed by atoms with Crippen molar-refractivity contribution in [2.24, 2.45) is 0 Å². The van der Waals surface area contributed by atoms with Crippen molar-refractivity contribution in [3.05, 3.63) is 51.1 Å². The van der Waals surface area contributed by atoms with Crippen LogP contribution in [0.2, 0.25) is 0 Å². The largest absolute Gasteiger partial charge is 0.270 e. The number of allylic oxidation sites excluding steroid dienone is 3. The first-order valence-electron chi connectivity index (χ1n) is 8.47. The molecule has 1 aliphatic rings. The van der Waals surface area contributed by atoms with Crippen LogP contribution in [0.4, 0.5) is 5.69 Å². The highest BCUT2D eigenvalue weighted by atomic mass is 127. The van der Waals surface area contributed by atoms with Crippen molar-refractivity contribution >= 4 is 48.4 Å². The van der Waals surface area contributed by atoms with Crippen molar-refractivity contribution in [2.45, 2.75) is 32.2 Å². The van der Waals surface area contributed by atoms with Crippen LogP contribution >= 0.6 is 22.6 Å². The molecule has 1 aliphatic carbocycles. The monoisotopic (exact) mass is 525 g/mol. The highest BCUT2D eigenvalue weighted by Gasteiger charge is 2.32. The third-order valence-corrected chi connectivity index (χ3v) is 6.97. The minimum atomic E-state index is -3.54. The molecule has 6 nitrogen and oxygen atoms in total. The van der Waals surface area contributed by atoms with Gasteiger partial charge in [-0.15, -0.1) is 0 Å². The molecule has 0 fully saturated rings. The van der Waals surface area contributed by atoms with Gasteiger partial charge in [0, 0.05) is 3.57 Å². The molecule has 27 heavy (non-hydrogen) atoms. The number of halogens is 1. The van der Waals surface area contributed by atoms with Crippen LogP contribution in [0.1, 0.15) is 26.2 Å². The Morgan fingerprint density at radius 1 is 1.22 bits per heavy atom. The van der Waals surface area contributed by atoms with Gasteiger partial charge < -0.3 is 0 Å². The zero-order chi connectivity index (χ0) is 20.2. The van der Waals surface area contributed by atoms with Gasteiger partial charge in [-0.3, -0.25) is 8.49 Å². The molecule has 0 saturated heterocycles. The quantitative estimate of drug-likeness (QED) is 0.403. The minimum Gasteiger partial charge on any atom is -0.270 e. The molecule has 1 aromatic carbocycles. The van der Waals surface area contributed by atoms with E-state index in [1.807, 2.05) is 37.3 Å². The zero-order valence-corrected chi connectivity index (χ0v) is 19.3. The molecule has 150 valence electrons. The third-order valence-electron chi connectivity index (χ3n) is 4.29. The van der Waals surface area contributed by atoms with Crippen molar-refractivity contribution in [1.82, 2.24) is 0 Å². The Morgan fingerprint density at radius 3 is 2.44 bits per heavy atom. The lowest BCUT2D eigenvalue weighted by Gasteiger charge is -2.36. The summed E-state index contributed by atoms with van der Waals surface area (Å²) in [6.45, 7) is 1.92. The topological polar surface area (TPSA) is 80.8 Å². The Bertz CT molecular complexity index is 952. The molecule has 0 N–H and O–H groups in total. The number of rotatable bonds is 7. The smallest absolute Gasteiger partial charge is 0.264 e. The van der Waals surface area contributed by atoms with Gasteiger partial charge in [0.15, 0.2) is 0 Å². The lowest BCUT2D eigenvalue weighted by Crippen LogP contribution is -2.43. The molecular weight excluding hydrogens is 501 g/mol. The SMILES string of the molecule is C/C=C1/C=C(CCOS(C)(=O)=O)C(N(c2ccccc2I)S(C)(=O)=O)CC1. The first-order chi connectivity index (χ1) is 12.5. The van der Waals surface area contributed by atoms with Crippen LogP contribution in [0, 0.1) is 3.57 Å². The molecule has 0 amide bonds.